The lowest BCUT2D eigenvalue weighted by molar-refractivity contribution is 0.0913. The van der Waals surface area contributed by atoms with Gasteiger partial charge in [-0.05, 0) is 49.6 Å². The van der Waals surface area contributed by atoms with Crippen molar-refractivity contribution in [2.45, 2.75) is 33.4 Å². The summed E-state index contributed by atoms with van der Waals surface area (Å²) in [7, 11) is 0. The lowest BCUT2D eigenvalue weighted by Crippen LogP contribution is -2.30. The van der Waals surface area contributed by atoms with E-state index >= 15 is 0 Å². The van der Waals surface area contributed by atoms with Gasteiger partial charge in [-0.1, -0.05) is 30.3 Å². The van der Waals surface area contributed by atoms with Gasteiger partial charge in [-0.25, -0.2) is 4.98 Å². The van der Waals surface area contributed by atoms with Crippen LogP contribution < -0.4 is 10.3 Å². The third kappa shape index (κ3) is 4.49. The van der Waals surface area contributed by atoms with Gasteiger partial charge in [0.1, 0.15) is 23.3 Å². The van der Waals surface area contributed by atoms with E-state index in [1.165, 1.54) is 34.7 Å². The average Bonchev–Trinajstić information content (AvgIpc) is 3.21. The van der Waals surface area contributed by atoms with Gasteiger partial charge in [-0.2, -0.15) is 0 Å². The molecule has 2 aromatic carbocycles. The SMILES string of the molecule is CC(=O)c1cccc(OC[C@@H](O)Cn2cnc3scc(-c4ccc(C)c(C)c4)c3c2=O)c1. The van der Waals surface area contributed by atoms with Crippen molar-refractivity contribution in [1.29, 1.82) is 0 Å². The van der Waals surface area contributed by atoms with Gasteiger partial charge >= 0.3 is 0 Å². The molecule has 0 saturated heterocycles. The Morgan fingerprint density at radius 3 is 2.75 bits per heavy atom. The second kappa shape index (κ2) is 9.06. The first-order valence-corrected chi connectivity index (χ1v) is 11.2. The van der Waals surface area contributed by atoms with Crippen molar-refractivity contribution >= 4 is 27.3 Å². The predicted octanol–water partition coefficient (Wildman–Crippen LogP) is 4.38. The first-order valence-electron chi connectivity index (χ1n) is 10.3. The molecule has 0 amide bonds. The summed E-state index contributed by atoms with van der Waals surface area (Å²) in [5.74, 6) is 0.435. The zero-order chi connectivity index (χ0) is 22.8. The molecule has 0 aliphatic heterocycles. The first-order chi connectivity index (χ1) is 15.3. The molecule has 0 spiro atoms. The third-order valence-electron chi connectivity index (χ3n) is 5.47. The highest BCUT2D eigenvalue weighted by Crippen LogP contribution is 2.31. The number of carbonyl (C=O) groups is 1. The van der Waals surface area contributed by atoms with E-state index in [-0.39, 0.29) is 24.5 Å². The second-order valence-corrected chi connectivity index (χ2v) is 8.74. The standard InChI is InChI=1S/C25H24N2O4S/c1-15-7-8-19(9-16(15)2)22-13-32-24-23(22)25(30)27(14-26-24)11-20(29)12-31-21-6-4-5-18(10-21)17(3)28/h4-10,13-14,20,29H,11-12H2,1-3H3/t20-/m0/s1. The molecule has 0 unspecified atom stereocenters. The highest BCUT2D eigenvalue weighted by atomic mass is 32.1. The van der Waals surface area contributed by atoms with Crippen LogP contribution in [0.25, 0.3) is 21.3 Å². The molecule has 0 fully saturated rings. The van der Waals surface area contributed by atoms with Crippen molar-refractivity contribution in [3.05, 3.63) is 81.2 Å². The van der Waals surface area contributed by atoms with Crippen LogP contribution in [0.15, 0.2) is 59.0 Å². The zero-order valence-corrected chi connectivity index (χ0v) is 19.0. The summed E-state index contributed by atoms with van der Waals surface area (Å²) in [6.45, 7) is 5.63. The number of carbonyl (C=O) groups excluding carboxylic acids is 1. The molecule has 0 saturated carbocycles. The Morgan fingerprint density at radius 2 is 2.00 bits per heavy atom. The van der Waals surface area contributed by atoms with E-state index in [2.05, 4.69) is 18.0 Å². The Balaban J connectivity index is 1.55. The van der Waals surface area contributed by atoms with Gasteiger partial charge in [0.15, 0.2) is 5.78 Å². The lowest BCUT2D eigenvalue weighted by atomic mass is 10.0. The summed E-state index contributed by atoms with van der Waals surface area (Å²) in [4.78, 5) is 29.8. The molecule has 1 atom stereocenters. The number of nitrogens with zero attached hydrogens (tertiary/aromatic N) is 2. The zero-order valence-electron chi connectivity index (χ0n) is 18.2. The van der Waals surface area contributed by atoms with Crippen LogP contribution in [0.4, 0.5) is 0 Å². The molecular weight excluding hydrogens is 424 g/mol. The minimum atomic E-state index is -0.920. The number of aromatic nitrogens is 2. The Kier molecular flexibility index (Phi) is 6.21. The number of Topliss-reactive ketones (excluding diaryl/α,β-unsaturated/α-hetero) is 1. The van der Waals surface area contributed by atoms with Crippen LogP contribution in [0.2, 0.25) is 0 Å². The molecule has 0 aliphatic carbocycles. The van der Waals surface area contributed by atoms with Crippen molar-refractivity contribution in [1.82, 2.24) is 9.55 Å². The molecule has 2 aromatic heterocycles. The van der Waals surface area contributed by atoms with E-state index in [0.717, 1.165) is 16.7 Å². The maximum Gasteiger partial charge on any atom is 0.262 e. The molecule has 4 aromatic rings. The summed E-state index contributed by atoms with van der Waals surface area (Å²) in [6, 6.07) is 12.9. The van der Waals surface area contributed by atoms with E-state index < -0.39 is 6.10 Å². The van der Waals surface area contributed by atoms with Crippen LogP contribution >= 0.6 is 11.3 Å². The van der Waals surface area contributed by atoms with Crippen LogP contribution in [0.1, 0.15) is 28.4 Å². The normalized spacial score (nSPS) is 12.1. The minimum absolute atomic E-state index is 0.0144. The Hall–Kier alpha value is -3.29. The molecule has 0 radical (unpaired) electrons. The third-order valence-corrected chi connectivity index (χ3v) is 6.36. The number of thiophene rings is 1. The molecule has 0 aliphatic rings. The summed E-state index contributed by atoms with van der Waals surface area (Å²) in [5.41, 5.74) is 4.53. The minimum Gasteiger partial charge on any atom is -0.491 e. The lowest BCUT2D eigenvalue weighted by Gasteiger charge is -2.14. The van der Waals surface area contributed by atoms with Crippen molar-refractivity contribution in [2.75, 3.05) is 6.61 Å². The second-order valence-electron chi connectivity index (χ2n) is 7.88. The number of hydrogen-bond acceptors (Lipinski definition) is 6. The van der Waals surface area contributed by atoms with Gasteiger partial charge < -0.3 is 9.84 Å². The fourth-order valence-electron chi connectivity index (χ4n) is 3.50. The predicted molar refractivity (Wildman–Crippen MR) is 127 cm³/mol. The molecule has 0 bridgehead atoms. The molecule has 32 heavy (non-hydrogen) atoms. The number of aliphatic hydroxyl groups is 1. The van der Waals surface area contributed by atoms with Crippen LogP contribution in [0, 0.1) is 13.8 Å². The number of hydrogen-bond donors (Lipinski definition) is 1. The highest BCUT2D eigenvalue weighted by molar-refractivity contribution is 7.17. The van der Waals surface area contributed by atoms with E-state index in [4.69, 9.17) is 4.74 Å². The quantitative estimate of drug-likeness (QED) is 0.424. The van der Waals surface area contributed by atoms with Gasteiger partial charge in [-0.3, -0.25) is 14.2 Å². The summed E-state index contributed by atoms with van der Waals surface area (Å²) >= 11 is 1.43. The monoisotopic (exact) mass is 448 g/mol. The summed E-state index contributed by atoms with van der Waals surface area (Å²) in [5, 5.41) is 13.0. The molecule has 4 rings (SSSR count). The largest absolute Gasteiger partial charge is 0.491 e. The van der Waals surface area contributed by atoms with E-state index in [1.54, 1.807) is 24.3 Å². The Bertz CT molecular complexity index is 1360. The maximum absolute atomic E-state index is 13.2. The Labute approximate surface area is 189 Å². The number of rotatable bonds is 7. The smallest absolute Gasteiger partial charge is 0.262 e. The van der Waals surface area contributed by atoms with Gasteiger partial charge in [0.2, 0.25) is 0 Å². The topological polar surface area (TPSA) is 81.4 Å². The number of benzene rings is 2. The van der Waals surface area contributed by atoms with Gasteiger partial charge in [0.25, 0.3) is 5.56 Å². The van der Waals surface area contributed by atoms with Crippen LogP contribution in [-0.2, 0) is 6.54 Å². The molecule has 7 heteroatoms. The van der Waals surface area contributed by atoms with Crippen LogP contribution in [-0.4, -0.2) is 33.2 Å². The average molecular weight is 449 g/mol. The molecule has 1 N–H and O–H groups in total. The molecule has 6 nitrogen and oxygen atoms in total. The number of ether oxygens (including phenoxy) is 1. The molecular formula is C25H24N2O4S. The number of aryl methyl sites for hydroxylation is 2. The van der Waals surface area contributed by atoms with Crippen LogP contribution in [0.5, 0.6) is 5.75 Å². The van der Waals surface area contributed by atoms with Crippen molar-refractivity contribution in [2.24, 2.45) is 0 Å². The molecule has 164 valence electrons. The maximum atomic E-state index is 13.2. The molecule has 2 heterocycles. The van der Waals surface area contributed by atoms with Gasteiger partial charge in [0.05, 0.1) is 18.3 Å². The van der Waals surface area contributed by atoms with Crippen molar-refractivity contribution < 1.29 is 14.6 Å². The number of aliphatic hydroxyl groups excluding tert-OH is 1. The van der Waals surface area contributed by atoms with Crippen molar-refractivity contribution in [3.8, 4) is 16.9 Å². The van der Waals surface area contributed by atoms with Crippen molar-refractivity contribution in [3.63, 3.8) is 0 Å². The Morgan fingerprint density at radius 1 is 1.19 bits per heavy atom. The number of ketones is 1. The van der Waals surface area contributed by atoms with E-state index in [9.17, 15) is 14.7 Å². The van der Waals surface area contributed by atoms with Gasteiger partial charge in [-0.15, -0.1) is 11.3 Å². The fraction of sp³-hybridized carbons (Fsp3) is 0.240. The number of fused-ring (bicyclic) bond motifs is 1. The van der Waals surface area contributed by atoms with Gasteiger partial charge in [0, 0.05) is 16.5 Å². The van der Waals surface area contributed by atoms with Crippen LogP contribution in [0.3, 0.4) is 0 Å². The summed E-state index contributed by atoms with van der Waals surface area (Å²) < 4.78 is 7.04. The van der Waals surface area contributed by atoms with E-state index in [0.29, 0.717) is 21.5 Å². The first kappa shape index (κ1) is 21.9. The highest BCUT2D eigenvalue weighted by Gasteiger charge is 2.16. The fourth-order valence-corrected chi connectivity index (χ4v) is 4.40. The van der Waals surface area contributed by atoms with E-state index in [1.807, 2.05) is 24.4 Å². The summed E-state index contributed by atoms with van der Waals surface area (Å²) in [6.07, 6.45) is 0.543.